The predicted molar refractivity (Wildman–Crippen MR) is 47.9 cm³/mol. The molecule has 0 amide bonds. The van der Waals surface area contributed by atoms with Crippen molar-refractivity contribution in [2.24, 2.45) is 5.92 Å². The van der Waals surface area contributed by atoms with Gasteiger partial charge in [-0.25, -0.2) is 4.98 Å². The number of hydrogen-bond donors (Lipinski definition) is 2. The van der Waals surface area contributed by atoms with Crippen LogP contribution in [-0.4, -0.2) is 23.1 Å². The molecule has 3 heteroatoms. The Hall–Kier alpha value is -0.830. The number of H-pyrrole nitrogens is 1. The molecule has 0 saturated heterocycles. The van der Waals surface area contributed by atoms with E-state index < -0.39 is 0 Å². The van der Waals surface area contributed by atoms with E-state index in [4.69, 9.17) is 0 Å². The summed E-state index contributed by atoms with van der Waals surface area (Å²) in [5.41, 5.74) is 1.22. The first-order valence-corrected chi connectivity index (χ1v) is 4.63. The van der Waals surface area contributed by atoms with Crippen LogP contribution in [0.2, 0.25) is 0 Å². The fraction of sp³-hybridized carbons (Fsp3) is 0.667. The summed E-state index contributed by atoms with van der Waals surface area (Å²) in [5, 5.41) is 3.44. The van der Waals surface area contributed by atoms with Crippen LogP contribution in [0, 0.1) is 5.92 Å². The Morgan fingerprint density at radius 3 is 3.17 bits per heavy atom. The van der Waals surface area contributed by atoms with Gasteiger partial charge >= 0.3 is 0 Å². The lowest BCUT2D eigenvalue weighted by Crippen LogP contribution is -2.19. The molecule has 0 unspecified atom stereocenters. The van der Waals surface area contributed by atoms with E-state index in [1.165, 1.54) is 25.1 Å². The maximum atomic E-state index is 3.97. The number of hydrogen-bond acceptors (Lipinski definition) is 2. The molecule has 12 heavy (non-hydrogen) atoms. The highest BCUT2D eigenvalue weighted by Crippen LogP contribution is 2.27. The van der Waals surface area contributed by atoms with Gasteiger partial charge in [0.1, 0.15) is 0 Å². The Bertz CT molecular complexity index is 214. The van der Waals surface area contributed by atoms with Crippen molar-refractivity contribution in [3.63, 3.8) is 0 Å². The zero-order chi connectivity index (χ0) is 8.23. The molecule has 1 heterocycles. The molecule has 0 aliphatic heterocycles. The maximum Gasteiger partial charge on any atom is 0.0921 e. The lowest BCUT2D eigenvalue weighted by Gasteiger charge is -2.00. The number of nitrogens with one attached hydrogen (secondary N) is 2. The van der Waals surface area contributed by atoms with E-state index in [9.17, 15) is 0 Å². The van der Waals surface area contributed by atoms with Gasteiger partial charge in [-0.05, 0) is 25.3 Å². The summed E-state index contributed by atoms with van der Waals surface area (Å²) in [7, 11) is 0. The molecule has 1 aromatic rings. The molecule has 1 saturated carbocycles. The summed E-state index contributed by atoms with van der Waals surface area (Å²) in [6.07, 6.45) is 7.54. The molecule has 0 atom stereocenters. The normalized spacial score (nSPS) is 16.7. The van der Waals surface area contributed by atoms with E-state index >= 15 is 0 Å². The smallest absolute Gasteiger partial charge is 0.0921 e. The predicted octanol–water partition coefficient (Wildman–Crippen LogP) is 0.952. The first-order chi connectivity index (χ1) is 5.95. The molecule has 0 bridgehead atoms. The first kappa shape index (κ1) is 7.80. The summed E-state index contributed by atoms with van der Waals surface area (Å²) in [6.45, 7) is 2.27. The minimum absolute atomic E-state index is 0.978. The monoisotopic (exact) mass is 165 g/mol. The Labute approximate surface area is 72.6 Å². The lowest BCUT2D eigenvalue weighted by molar-refractivity contribution is 0.634. The van der Waals surface area contributed by atoms with Crippen LogP contribution >= 0.6 is 0 Å². The third-order valence-electron chi connectivity index (χ3n) is 2.26. The van der Waals surface area contributed by atoms with E-state index in [0.29, 0.717) is 0 Å². The zero-order valence-corrected chi connectivity index (χ0v) is 7.21. The van der Waals surface area contributed by atoms with Crippen molar-refractivity contribution in [2.75, 3.05) is 13.1 Å². The van der Waals surface area contributed by atoms with E-state index in [0.717, 1.165) is 18.9 Å². The minimum atomic E-state index is 0.978. The molecule has 2 rings (SSSR count). The largest absolute Gasteiger partial charge is 0.348 e. The van der Waals surface area contributed by atoms with Gasteiger partial charge in [-0.15, -0.1) is 0 Å². The van der Waals surface area contributed by atoms with Crippen LogP contribution in [0.4, 0.5) is 0 Å². The van der Waals surface area contributed by atoms with E-state index in [1.54, 1.807) is 6.33 Å². The number of rotatable bonds is 5. The van der Waals surface area contributed by atoms with Crippen molar-refractivity contribution in [3.8, 4) is 0 Å². The first-order valence-electron chi connectivity index (χ1n) is 4.63. The highest BCUT2D eigenvalue weighted by Gasteiger charge is 2.19. The van der Waals surface area contributed by atoms with Crippen molar-refractivity contribution in [2.45, 2.75) is 19.3 Å². The van der Waals surface area contributed by atoms with Crippen molar-refractivity contribution in [1.29, 1.82) is 0 Å². The summed E-state index contributed by atoms with van der Waals surface area (Å²) in [6, 6.07) is 0. The van der Waals surface area contributed by atoms with Gasteiger partial charge in [-0.3, -0.25) is 0 Å². The minimum Gasteiger partial charge on any atom is -0.348 e. The van der Waals surface area contributed by atoms with Gasteiger partial charge in [0.05, 0.1) is 6.33 Å². The van der Waals surface area contributed by atoms with Crippen molar-refractivity contribution < 1.29 is 0 Å². The summed E-state index contributed by atoms with van der Waals surface area (Å²) in [5.74, 6) is 0.978. The third-order valence-corrected chi connectivity index (χ3v) is 2.26. The van der Waals surface area contributed by atoms with Gasteiger partial charge in [0, 0.05) is 24.9 Å². The van der Waals surface area contributed by atoms with Crippen LogP contribution in [-0.2, 0) is 6.42 Å². The second kappa shape index (κ2) is 3.72. The topological polar surface area (TPSA) is 40.7 Å². The second-order valence-corrected chi connectivity index (χ2v) is 3.47. The molecule has 0 aromatic carbocycles. The number of nitrogens with zero attached hydrogens (tertiary/aromatic N) is 1. The number of imidazole rings is 1. The lowest BCUT2D eigenvalue weighted by atomic mass is 10.3. The van der Waals surface area contributed by atoms with E-state index in [-0.39, 0.29) is 0 Å². The van der Waals surface area contributed by atoms with Crippen LogP contribution in [0.15, 0.2) is 12.5 Å². The molecule has 0 radical (unpaired) electrons. The van der Waals surface area contributed by atoms with Gasteiger partial charge in [-0.1, -0.05) is 0 Å². The second-order valence-electron chi connectivity index (χ2n) is 3.47. The highest BCUT2D eigenvalue weighted by molar-refractivity contribution is 4.94. The summed E-state index contributed by atoms with van der Waals surface area (Å²) < 4.78 is 0. The van der Waals surface area contributed by atoms with Gasteiger partial charge in [0.25, 0.3) is 0 Å². The van der Waals surface area contributed by atoms with Gasteiger partial charge in [-0.2, -0.15) is 0 Å². The molecule has 0 spiro atoms. The fourth-order valence-corrected chi connectivity index (χ4v) is 1.27. The molecule has 1 aromatic heterocycles. The average Bonchev–Trinajstić information content (AvgIpc) is 2.76. The van der Waals surface area contributed by atoms with Crippen molar-refractivity contribution in [1.82, 2.24) is 15.3 Å². The molecule has 66 valence electrons. The summed E-state index contributed by atoms with van der Waals surface area (Å²) >= 11 is 0. The average molecular weight is 165 g/mol. The van der Waals surface area contributed by atoms with Crippen LogP contribution < -0.4 is 5.32 Å². The zero-order valence-electron chi connectivity index (χ0n) is 7.21. The molecule has 1 aliphatic rings. The SMILES string of the molecule is c1ncc(CCNCC2CC2)[nH]1. The number of aromatic amines is 1. The molecule has 3 nitrogen and oxygen atoms in total. The van der Waals surface area contributed by atoms with Crippen molar-refractivity contribution in [3.05, 3.63) is 18.2 Å². The van der Waals surface area contributed by atoms with Gasteiger partial charge < -0.3 is 10.3 Å². The molecule has 2 N–H and O–H groups in total. The molecular weight excluding hydrogens is 150 g/mol. The van der Waals surface area contributed by atoms with Crippen LogP contribution in [0.3, 0.4) is 0 Å². The fourth-order valence-electron chi connectivity index (χ4n) is 1.27. The summed E-state index contributed by atoms with van der Waals surface area (Å²) in [4.78, 5) is 7.05. The molecular formula is C9H15N3. The van der Waals surface area contributed by atoms with E-state index in [1.807, 2.05) is 6.20 Å². The Balaban J connectivity index is 1.56. The highest BCUT2D eigenvalue weighted by atomic mass is 14.9. The van der Waals surface area contributed by atoms with E-state index in [2.05, 4.69) is 15.3 Å². The standard InChI is InChI=1S/C9H15N3/c1-2-8(1)5-10-4-3-9-6-11-7-12-9/h6-8,10H,1-5H2,(H,11,12). The van der Waals surface area contributed by atoms with Crippen LogP contribution in [0.5, 0.6) is 0 Å². The Kier molecular flexibility index (Phi) is 2.42. The Morgan fingerprint density at radius 2 is 2.50 bits per heavy atom. The van der Waals surface area contributed by atoms with Crippen molar-refractivity contribution >= 4 is 0 Å². The Morgan fingerprint density at radius 1 is 1.58 bits per heavy atom. The molecule has 1 aliphatic carbocycles. The third kappa shape index (κ3) is 2.34. The maximum absolute atomic E-state index is 3.97. The van der Waals surface area contributed by atoms with Crippen LogP contribution in [0.25, 0.3) is 0 Å². The van der Waals surface area contributed by atoms with Crippen LogP contribution in [0.1, 0.15) is 18.5 Å². The molecule has 1 fully saturated rings. The van der Waals surface area contributed by atoms with Gasteiger partial charge in [0.15, 0.2) is 0 Å². The number of aromatic nitrogens is 2. The van der Waals surface area contributed by atoms with Gasteiger partial charge in [0.2, 0.25) is 0 Å². The quantitative estimate of drug-likeness (QED) is 0.638.